The van der Waals surface area contributed by atoms with Gasteiger partial charge < -0.3 is 14.8 Å². The van der Waals surface area contributed by atoms with E-state index < -0.39 is 12.1 Å². The van der Waals surface area contributed by atoms with Gasteiger partial charge in [-0.1, -0.05) is 30.3 Å². The molecule has 0 aliphatic carbocycles. The van der Waals surface area contributed by atoms with Crippen molar-refractivity contribution in [1.29, 1.82) is 0 Å². The lowest BCUT2D eigenvalue weighted by molar-refractivity contribution is -0.153. The number of anilines is 1. The molecule has 0 heterocycles. The van der Waals surface area contributed by atoms with Crippen LogP contribution in [0.2, 0.25) is 0 Å². The van der Waals surface area contributed by atoms with Gasteiger partial charge in [-0.25, -0.2) is 0 Å². The van der Waals surface area contributed by atoms with E-state index in [-0.39, 0.29) is 18.9 Å². The smallest absolute Gasteiger partial charge is 0.310 e. The molecule has 0 aromatic heterocycles. The number of rotatable bonds is 7. The lowest BCUT2D eigenvalue weighted by Gasteiger charge is -2.15. The number of benzene rings is 2. The van der Waals surface area contributed by atoms with Crippen LogP contribution in [0.1, 0.15) is 24.5 Å². The zero-order valence-corrected chi connectivity index (χ0v) is 14.7. The van der Waals surface area contributed by atoms with Crippen LogP contribution in [-0.4, -0.2) is 24.6 Å². The van der Waals surface area contributed by atoms with Crippen molar-refractivity contribution >= 4 is 17.6 Å². The lowest BCUT2D eigenvalue weighted by atomic mass is 10.1. The molecule has 132 valence electrons. The average Bonchev–Trinajstić information content (AvgIpc) is 2.59. The van der Waals surface area contributed by atoms with Gasteiger partial charge in [-0.05, 0) is 50.1 Å². The van der Waals surface area contributed by atoms with Gasteiger partial charge >= 0.3 is 5.97 Å². The summed E-state index contributed by atoms with van der Waals surface area (Å²) in [5.41, 5.74) is 2.72. The second-order valence-corrected chi connectivity index (χ2v) is 5.85. The van der Waals surface area contributed by atoms with Gasteiger partial charge in [0, 0.05) is 5.69 Å². The van der Waals surface area contributed by atoms with Gasteiger partial charge in [-0.15, -0.1) is 0 Å². The van der Waals surface area contributed by atoms with Crippen molar-refractivity contribution in [2.24, 2.45) is 0 Å². The van der Waals surface area contributed by atoms with E-state index in [1.54, 1.807) is 6.92 Å². The Morgan fingerprint density at radius 2 is 1.80 bits per heavy atom. The van der Waals surface area contributed by atoms with Crippen molar-refractivity contribution in [3.8, 4) is 5.75 Å². The van der Waals surface area contributed by atoms with Crippen molar-refractivity contribution in [3.05, 3.63) is 59.7 Å². The number of hydrogen-bond acceptors (Lipinski definition) is 4. The Labute approximate surface area is 148 Å². The molecule has 2 aromatic rings. The van der Waals surface area contributed by atoms with Crippen molar-refractivity contribution in [2.75, 3.05) is 11.9 Å². The topological polar surface area (TPSA) is 64.6 Å². The molecule has 2 aromatic carbocycles. The number of carbonyl (C=O) groups is 2. The maximum Gasteiger partial charge on any atom is 0.310 e. The number of carbonyl (C=O) groups excluding carboxylic acids is 2. The van der Waals surface area contributed by atoms with Crippen LogP contribution in [0.4, 0.5) is 5.69 Å². The van der Waals surface area contributed by atoms with Crippen molar-refractivity contribution in [1.82, 2.24) is 0 Å². The molecule has 5 nitrogen and oxygen atoms in total. The van der Waals surface area contributed by atoms with Crippen LogP contribution in [0.5, 0.6) is 5.75 Å². The summed E-state index contributed by atoms with van der Waals surface area (Å²) in [4.78, 5) is 24.0. The van der Waals surface area contributed by atoms with E-state index in [0.29, 0.717) is 5.75 Å². The highest BCUT2D eigenvalue weighted by molar-refractivity contribution is 5.95. The van der Waals surface area contributed by atoms with Crippen LogP contribution in [0.15, 0.2) is 48.5 Å². The quantitative estimate of drug-likeness (QED) is 0.781. The zero-order chi connectivity index (χ0) is 18.2. The summed E-state index contributed by atoms with van der Waals surface area (Å²) < 4.78 is 10.6. The van der Waals surface area contributed by atoms with E-state index in [1.807, 2.05) is 62.4 Å². The second-order valence-electron chi connectivity index (χ2n) is 5.85. The molecule has 0 aliphatic heterocycles. The third kappa shape index (κ3) is 5.95. The lowest BCUT2D eigenvalue weighted by Crippen LogP contribution is -2.30. The van der Waals surface area contributed by atoms with Crippen molar-refractivity contribution in [3.63, 3.8) is 0 Å². The Morgan fingerprint density at radius 1 is 1.08 bits per heavy atom. The molecular formula is C20H23NO4. The van der Waals surface area contributed by atoms with Gasteiger partial charge in [-0.3, -0.25) is 9.59 Å². The molecule has 2 rings (SSSR count). The Kier molecular flexibility index (Phi) is 6.57. The van der Waals surface area contributed by atoms with Crippen LogP contribution in [-0.2, 0) is 14.3 Å². The molecule has 0 fully saturated rings. The maximum absolute atomic E-state index is 12.2. The van der Waals surface area contributed by atoms with Gasteiger partial charge in [0.1, 0.15) is 5.75 Å². The molecular weight excluding hydrogens is 318 g/mol. The second kappa shape index (κ2) is 8.87. The molecule has 1 atom stereocenters. The molecule has 0 aliphatic rings. The van der Waals surface area contributed by atoms with Gasteiger partial charge in [0.05, 0.1) is 13.0 Å². The third-order valence-corrected chi connectivity index (χ3v) is 3.65. The Balaban J connectivity index is 1.78. The van der Waals surface area contributed by atoms with Crippen LogP contribution in [0.25, 0.3) is 0 Å². The maximum atomic E-state index is 12.2. The summed E-state index contributed by atoms with van der Waals surface area (Å²) in [6.45, 7) is 5.61. The van der Waals surface area contributed by atoms with E-state index in [2.05, 4.69) is 5.32 Å². The molecule has 1 amide bonds. The molecule has 5 heteroatoms. The number of esters is 1. The fourth-order valence-electron chi connectivity index (χ4n) is 2.18. The minimum Gasteiger partial charge on any atom is -0.493 e. The predicted octanol–water partition coefficient (Wildman–Crippen LogP) is 3.64. The SMILES string of the molecule is Cc1ccc(C)c(NC(=O)[C@@H](C)OC(=O)CCOc2ccccc2)c1. The number of amides is 1. The zero-order valence-electron chi connectivity index (χ0n) is 14.7. The largest absolute Gasteiger partial charge is 0.493 e. The van der Waals surface area contributed by atoms with Crippen LogP contribution in [0, 0.1) is 13.8 Å². The van der Waals surface area contributed by atoms with E-state index in [0.717, 1.165) is 16.8 Å². The van der Waals surface area contributed by atoms with Crippen LogP contribution >= 0.6 is 0 Å². The molecule has 25 heavy (non-hydrogen) atoms. The molecule has 0 unspecified atom stereocenters. The molecule has 0 saturated carbocycles. The summed E-state index contributed by atoms with van der Waals surface area (Å²) in [5.74, 6) is -0.137. The number of hydrogen-bond donors (Lipinski definition) is 1. The molecule has 1 N–H and O–H groups in total. The Morgan fingerprint density at radius 3 is 2.52 bits per heavy atom. The first kappa shape index (κ1) is 18.5. The first-order chi connectivity index (χ1) is 12.0. The van der Waals surface area contributed by atoms with E-state index in [4.69, 9.17) is 9.47 Å². The fourth-order valence-corrected chi connectivity index (χ4v) is 2.18. The van der Waals surface area contributed by atoms with Gasteiger partial charge in [0.25, 0.3) is 5.91 Å². The van der Waals surface area contributed by atoms with Crippen molar-refractivity contribution < 1.29 is 19.1 Å². The fraction of sp³-hybridized carbons (Fsp3) is 0.300. The van der Waals surface area contributed by atoms with E-state index >= 15 is 0 Å². The number of nitrogens with one attached hydrogen (secondary N) is 1. The summed E-state index contributed by atoms with van der Waals surface area (Å²) in [6.07, 6.45) is -0.792. The van der Waals surface area contributed by atoms with E-state index in [9.17, 15) is 9.59 Å². The number of ether oxygens (including phenoxy) is 2. The van der Waals surface area contributed by atoms with Crippen LogP contribution < -0.4 is 10.1 Å². The predicted molar refractivity (Wildman–Crippen MR) is 96.7 cm³/mol. The first-order valence-electron chi connectivity index (χ1n) is 8.21. The molecule has 0 radical (unpaired) electrons. The normalized spacial score (nSPS) is 11.5. The van der Waals surface area contributed by atoms with Gasteiger partial charge in [0.2, 0.25) is 0 Å². The standard InChI is InChI=1S/C20H23NO4/c1-14-9-10-15(2)18(13-14)21-20(23)16(3)25-19(22)11-12-24-17-7-5-4-6-8-17/h4-10,13,16H,11-12H2,1-3H3,(H,21,23)/t16-/m1/s1. The first-order valence-corrected chi connectivity index (χ1v) is 8.21. The molecule has 0 saturated heterocycles. The Bertz CT molecular complexity index is 728. The van der Waals surface area contributed by atoms with Gasteiger partial charge in [0.15, 0.2) is 6.10 Å². The third-order valence-electron chi connectivity index (χ3n) is 3.65. The van der Waals surface area contributed by atoms with Crippen molar-refractivity contribution in [2.45, 2.75) is 33.3 Å². The summed E-state index contributed by atoms with van der Waals surface area (Å²) in [5, 5.41) is 2.79. The van der Waals surface area contributed by atoms with E-state index in [1.165, 1.54) is 0 Å². The number of para-hydroxylation sites is 1. The minimum absolute atomic E-state index is 0.0794. The monoisotopic (exact) mass is 341 g/mol. The Hall–Kier alpha value is -2.82. The molecule has 0 spiro atoms. The minimum atomic E-state index is -0.871. The van der Waals surface area contributed by atoms with Gasteiger partial charge in [-0.2, -0.15) is 0 Å². The summed E-state index contributed by atoms with van der Waals surface area (Å²) in [6, 6.07) is 15.0. The number of aryl methyl sites for hydroxylation is 2. The average molecular weight is 341 g/mol. The van der Waals surface area contributed by atoms with Crippen LogP contribution in [0.3, 0.4) is 0 Å². The highest BCUT2D eigenvalue weighted by Gasteiger charge is 2.18. The highest BCUT2D eigenvalue weighted by Crippen LogP contribution is 2.17. The highest BCUT2D eigenvalue weighted by atomic mass is 16.5. The molecule has 0 bridgehead atoms. The summed E-state index contributed by atoms with van der Waals surface area (Å²) in [7, 11) is 0. The summed E-state index contributed by atoms with van der Waals surface area (Å²) >= 11 is 0.